The minimum Gasteiger partial charge on any atom is -0.374 e. The molecular weight excluding hydrogens is 260 g/mol. The van der Waals surface area contributed by atoms with Crippen LogP contribution in [0.15, 0.2) is 60.8 Å². The van der Waals surface area contributed by atoms with Gasteiger partial charge in [0.15, 0.2) is 5.78 Å². The highest BCUT2D eigenvalue weighted by Gasteiger charge is 2.27. The molecule has 4 rings (SSSR count). The normalized spacial score (nSPS) is 16.5. The first-order chi connectivity index (χ1) is 10.3. The van der Waals surface area contributed by atoms with Crippen LogP contribution in [-0.2, 0) is 6.42 Å². The molecule has 3 aromatic rings. The molecule has 0 fully saturated rings. The molecular formula is C18H14N2O. The van der Waals surface area contributed by atoms with Gasteiger partial charge in [-0.3, -0.25) is 9.78 Å². The largest absolute Gasteiger partial charge is 0.374 e. The lowest BCUT2D eigenvalue weighted by Gasteiger charge is -2.10. The van der Waals surface area contributed by atoms with Gasteiger partial charge in [-0.15, -0.1) is 0 Å². The molecule has 1 unspecified atom stereocenters. The number of nitrogens with zero attached hydrogens (tertiary/aromatic N) is 1. The summed E-state index contributed by atoms with van der Waals surface area (Å²) in [5.74, 6) is 0.101. The summed E-state index contributed by atoms with van der Waals surface area (Å²) in [5.41, 5.74) is 3.84. The van der Waals surface area contributed by atoms with Crippen LogP contribution in [-0.4, -0.2) is 16.8 Å². The number of carbonyl (C=O) groups excluding carboxylic acids is 1. The summed E-state index contributed by atoms with van der Waals surface area (Å²) >= 11 is 0. The molecule has 102 valence electrons. The highest BCUT2D eigenvalue weighted by atomic mass is 16.1. The van der Waals surface area contributed by atoms with E-state index in [-0.39, 0.29) is 11.8 Å². The fourth-order valence-corrected chi connectivity index (χ4v) is 2.86. The number of hydrogen-bond donors (Lipinski definition) is 1. The van der Waals surface area contributed by atoms with Gasteiger partial charge >= 0.3 is 0 Å². The van der Waals surface area contributed by atoms with Crippen molar-refractivity contribution >= 4 is 22.4 Å². The summed E-state index contributed by atoms with van der Waals surface area (Å²) in [5, 5.41) is 4.30. The standard InChI is InChI=1S/C18H14N2O/c21-18(17-10-13-6-2-4-8-16(13)20-17)14-9-12-5-1-3-7-15(12)19-11-14/h1-9,11,17,20H,10H2. The monoisotopic (exact) mass is 274 g/mol. The quantitative estimate of drug-likeness (QED) is 0.728. The number of aromatic nitrogens is 1. The van der Waals surface area contributed by atoms with Gasteiger partial charge in [-0.1, -0.05) is 36.4 Å². The third-order valence-corrected chi connectivity index (χ3v) is 3.96. The number of para-hydroxylation sites is 2. The average Bonchev–Trinajstić information content (AvgIpc) is 2.97. The third-order valence-electron chi connectivity index (χ3n) is 3.96. The van der Waals surface area contributed by atoms with Gasteiger partial charge in [0.1, 0.15) is 0 Å². The van der Waals surface area contributed by atoms with Gasteiger partial charge < -0.3 is 5.32 Å². The molecule has 0 amide bonds. The molecule has 1 aliphatic rings. The van der Waals surface area contributed by atoms with E-state index in [4.69, 9.17) is 0 Å². The summed E-state index contributed by atoms with van der Waals surface area (Å²) < 4.78 is 0. The second-order valence-corrected chi connectivity index (χ2v) is 5.34. The number of rotatable bonds is 2. The molecule has 2 heterocycles. The van der Waals surface area contributed by atoms with Crippen molar-refractivity contribution in [3.05, 3.63) is 71.9 Å². The van der Waals surface area contributed by atoms with Gasteiger partial charge in [-0.05, 0) is 23.8 Å². The number of fused-ring (bicyclic) bond motifs is 2. The summed E-state index contributed by atoms with van der Waals surface area (Å²) in [6, 6.07) is 17.6. The van der Waals surface area contributed by atoms with Crippen LogP contribution in [0, 0.1) is 0 Å². The van der Waals surface area contributed by atoms with Gasteiger partial charge in [-0.25, -0.2) is 0 Å². The molecule has 0 radical (unpaired) electrons. The fraction of sp³-hybridized carbons (Fsp3) is 0.111. The number of anilines is 1. The lowest BCUT2D eigenvalue weighted by Crippen LogP contribution is -2.27. The van der Waals surface area contributed by atoms with Crippen molar-refractivity contribution in [3.8, 4) is 0 Å². The van der Waals surface area contributed by atoms with Gasteiger partial charge in [0.2, 0.25) is 0 Å². The number of benzene rings is 2. The van der Waals surface area contributed by atoms with Gasteiger partial charge in [0, 0.05) is 29.3 Å². The molecule has 1 aliphatic heterocycles. The van der Waals surface area contributed by atoms with Crippen molar-refractivity contribution in [3.63, 3.8) is 0 Å². The summed E-state index contributed by atoms with van der Waals surface area (Å²) in [4.78, 5) is 17.0. The molecule has 0 aliphatic carbocycles. The molecule has 3 heteroatoms. The Balaban J connectivity index is 1.65. The molecule has 1 atom stereocenters. The van der Waals surface area contributed by atoms with Crippen LogP contribution in [0.1, 0.15) is 15.9 Å². The van der Waals surface area contributed by atoms with Crippen molar-refractivity contribution in [1.82, 2.24) is 4.98 Å². The summed E-state index contributed by atoms with van der Waals surface area (Å²) in [6.07, 6.45) is 2.41. The Morgan fingerprint density at radius 1 is 1.10 bits per heavy atom. The molecule has 3 nitrogen and oxygen atoms in total. The smallest absolute Gasteiger partial charge is 0.186 e. The Bertz CT molecular complexity index is 816. The van der Waals surface area contributed by atoms with Crippen LogP contribution in [0.3, 0.4) is 0 Å². The number of hydrogen-bond acceptors (Lipinski definition) is 3. The number of nitrogens with one attached hydrogen (secondary N) is 1. The zero-order chi connectivity index (χ0) is 14.2. The van der Waals surface area contributed by atoms with Crippen molar-refractivity contribution in [2.45, 2.75) is 12.5 Å². The van der Waals surface area contributed by atoms with Crippen molar-refractivity contribution in [1.29, 1.82) is 0 Å². The first kappa shape index (κ1) is 12.1. The zero-order valence-corrected chi connectivity index (χ0v) is 11.4. The number of carbonyl (C=O) groups is 1. The molecule has 1 aromatic heterocycles. The SMILES string of the molecule is O=C(c1cnc2ccccc2c1)C1Cc2ccccc2N1. The molecule has 0 saturated heterocycles. The van der Waals surface area contributed by atoms with Crippen molar-refractivity contribution < 1.29 is 4.79 Å². The van der Waals surface area contributed by atoms with Crippen molar-refractivity contribution in [2.75, 3.05) is 5.32 Å². The molecule has 1 N–H and O–H groups in total. The zero-order valence-electron chi connectivity index (χ0n) is 11.4. The first-order valence-corrected chi connectivity index (χ1v) is 7.05. The van der Waals surface area contributed by atoms with E-state index in [2.05, 4.69) is 16.4 Å². The van der Waals surface area contributed by atoms with Crippen molar-refractivity contribution in [2.24, 2.45) is 0 Å². The van der Waals surface area contributed by atoms with Crippen LogP contribution in [0.2, 0.25) is 0 Å². The Morgan fingerprint density at radius 3 is 2.81 bits per heavy atom. The number of Topliss-reactive ketones (excluding diaryl/α,β-unsaturated/α-hetero) is 1. The highest BCUT2D eigenvalue weighted by Crippen LogP contribution is 2.27. The Kier molecular flexibility index (Phi) is 2.71. The predicted molar refractivity (Wildman–Crippen MR) is 83.6 cm³/mol. The number of pyridine rings is 1. The minimum atomic E-state index is -0.189. The van der Waals surface area contributed by atoms with Gasteiger partial charge in [0.05, 0.1) is 11.6 Å². The lowest BCUT2D eigenvalue weighted by atomic mass is 10.0. The van der Waals surface area contributed by atoms with Gasteiger partial charge in [-0.2, -0.15) is 0 Å². The molecule has 0 saturated carbocycles. The predicted octanol–water partition coefficient (Wildman–Crippen LogP) is 3.45. The lowest BCUT2D eigenvalue weighted by molar-refractivity contribution is 0.0971. The molecule has 0 bridgehead atoms. The van der Waals surface area contributed by atoms with Crippen LogP contribution in [0.4, 0.5) is 5.69 Å². The van der Waals surface area contributed by atoms with E-state index < -0.39 is 0 Å². The summed E-state index contributed by atoms with van der Waals surface area (Å²) in [7, 11) is 0. The van der Waals surface area contributed by atoms with Gasteiger partial charge in [0.25, 0.3) is 0 Å². The van der Waals surface area contributed by atoms with E-state index in [0.717, 1.165) is 23.0 Å². The van der Waals surface area contributed by atoms with E-state index in [1.807, 2.05) is 48.5 Å². The van der Waals surface area contributed by atoms with E-state index in [1.165, 1.54) is 5.56 Å². The van der Waals surface area contributed by atoms with Crippen LogP contribution in [0.5, 0.6) is 0 Å². The van der Waals surface area contributed by atoms with Crippen LogP contribution in [0.25, 0.3) is 10.9 Å². The van der Waals surface area contributed by atoms with E-state index >= 15 is 0 Å². The molecule has 2 aromatic carbocycles. The highest BCUT2D eigenvalue weighted by molar-refractivity contribution is 6.04. The number of ketones is 1. The van der Waals surface area contributed by atoms with Crippen LogP contribution < -0.4 is 5.32 Å². The Morgan fingerprint density at radius 2 is 1.90 bits per heavy atom. The summed E-state index contributed by atoms with van der Waals surface area (Å²) in [6.45, 7) is 0. The second kappa shape index (κ2) is 4.70. The first-order valence-electron chi connectivity index (χ1n) is 7.05. The van der Waals surface area contributed by atoms with E-state index in [0.29, 0.717) is 5.56 Å². The van der Waals surface area contributed by atoms with E-state index in [9.17, 15) is 4.79 Å². The minimum absolute atomic E-state index is 0.101. The second-order valence-electron chi connectivity index (χ2n) is 5.34. The topological polar surface area (TPSA) is 42.0 Å². The Hall–Kier alpha value is -2.68. The fourth-order valence-electron chi connectivity index (χ4n) is 2.86. The third kappa shape index (κ3) is 2.07. The Labute approximate surface area is 122 Å². The molecule has 21 heavy (non-hydrogen) atoms. The maximum atomic E-state index is 12.7. The maximum absolute atomic E-state index is 12.7. The van der Waals surface area contributed by atoms with E-state index in [1.54, 1.807) is 6.20 Å². The molecule has 0 spiro atoms. The van der Waals surface area contributed by atoms with Crippen LogP contribution >= 0.6 is 0 Å². The average molecular weight is 274 g/mol. The maximum Gasteiger partial charge on any atom is 0.186 e.